The first kappa shape index (κ1) is 8.32. The van der Waals surface area contributed by atoms with Gasteiger partial charge in [0.25, 0.3) is 0 Å². The van der Waals surface area contributed by atoms with Gasteiger partial charge in [0.15, 0.2) is 0 Å². The molecular weight excluding hydrogens is 160 g/mol. The second-order valence-corrected chi connectivity index (χ2v) is 2.04. The van der Waals surface area contributed by atoms with E-state index in [-0.39, 0.29) is 11.4 Å². The van der Waals surface area contributed by atoms with Crippen LogP contribution in [0.25, 0.3) is 0 Å². The molecule has 1 rings (SSSR count). The first-order chi connectivity index (χ1) is 5.81. The van der Waals surface area contributed by atoms with Crippen LogP contribution in [0.2, 0.25) is 0 Å². The Morgan fingerprint density at radius 3 is 2.33 bits per heavy atom. The zero-order valence-electron chi connectivity index (χ0n) is 6.35. The number of hydrogen-bond acceptors (Lipinski definition) is 5. The van der Waals surface area contributed by atoms with Gasteiger partial charge in [0, 0.05) is 6.07 Å². The van der Waals surface area contributed by atoms with Gasteiger partial charge in [-0.25, -0.2) is 0 Å². The van der Waals surface area contributed by atoms with Crippen molar-refractivity contribution >= 4 is 11.4 Å². The van der Waals surface area contributed by atoms with Crippen LogP contribution in [0.3, 0.4) is 0 Å². The van der Waals surface area contributed by atoms with Crippen molar-refractivity contribution < 1.29 is 4.74 Å². The molecule has 0 radical (unpaired) electrons. The van der Waals surface area contributed by atoms with Gasteiger partial charge in [-0.05, 0) is 22.5 Å². The summed E-state index contributed by atoms with van der Waals surface area (Å²) in [5.74, 6) is 0.469. The van der Waals surface area contributed by atoms with E-state index in [9.17, 15) is 9.81 Å². The smallest absolute Gasteiger partial charge is 0.140 e. The van der Waals surface area contributed by atoms with Gasteiger partial charge in [0.05, 0.1) is 7.11 Å². The van der Waals surface area contributed by atoms with Crippen LogP contribution < -0.4 is 4.74 Å². The van der Waals surface area contributed by atoms with Gasteiger partial charge in [-0.3, -0.25) is 0 Å². The Bertz CT molecular complexity index is 312. The second kappa shape index (κ2) is 3.56. The molecule has 12 heavy (non-hydrogen) atoms. The minimum atomic E-state index is -0.00986. The van der Waals surface area contributed by atoms with Gasteiger partial charge in [-0.15, -0.1) is 9.81 Å². The zero-order chi connectivity index (χ0) is 8.97. The van der Waals surface area contributed by atoms with Crippen LogP contribution >= 0.6 is 0 Å². The summed E-state index contributed by atoms with van der Waals surface area (Å²) in [6.45, 7) is 0. The van der Waals surface area contributed by atoms with Gasteiger partial charge in [0.2, 0.25) is 0 Å². The molecule has 0 aliphatic rings. The molecule has 0 aliphatic carbocycles. The molecule has 62 valence electrons. The fraction of sp³-hybridized carbons (Fsp3) is 0.143. The van der Waals surface area contributed by atoms with E-state index in [0.717, 1.165) is 0 Å². The molecule has 0 aromatic heterocycles. The molecular formula is C7H6N2O3. The molecule has 0 fully saturated rings. The van der Waals surface area contributed by atoms with E-state index in [0.29, 0.717) is 5.75 Å². The standard InChI is InChI=1S/C7H6N2O3/c1-12-5-2-3-6(8-10)7(4-5)9-11/h2-4H,1H3. The van der Waals surface area contributed by atoms with Crippen LogP contribution in [-0.4, -0.2) is 7.11 Å². The molecule has 1 aromatic rings. The Balaban J connectivity index is 3.18. The molecule has 0 bridgehead atoms. The molecule has 0 atom stereocenters. The van der Waals surface area contributed by atoms with Crippen LogP contribution in [0.4, 0.5) is 11.4 Å². The summed E-state index contributed by atoms with van der Waals surface area (Å²) in [4.78, 5) is 20.2. The van der Waals surface area contributed by atoms with Crippen LogP contribution in [0.15, 0.2) is 28.6 Å². The quantitative estimate of drug-likeness (QED) is 0.647. The maximum Gasteiger partial charge on any atom is 0.140 e. The number of ether oxygens (including phenoxy) is 1. The molecule has 0 heterocycles. The molecule has 0 amide bonds. The highest BCUT2D eigenvalue weighted by Crippen LogP contribution is 2.31. The normalized spacial score (nSPS) is 9.08. The van der Waals surface area contributed by atoms with Gasteiger partial charge < -0.3 is 4.74 Å². The van der Waals surface area contributed by atoms with Crippen molar-refractivity contribution in [1.29, 1.82) is 0 Å². The molecule has 0 saturated heterocycles. The van der Waals surface area contributed by atoms with Gasteiger partial charge >= 0.3 is 0 Å². The number of methoxy groups -OCH3 is 1. The Hall–Kier alpha value is -1.78. The van der Waals surface area contributed by atoms with Crippen molar-refractivity contribution in [2.24, 2.45) is 10.4 Å². The Kier molecular flexibility index (Phi) is 2.47. The van der Waals surface area contributed by atoms with Crippen molar-refractivity contribution in [2.45, 2.75) is 0 Å². The molecule has 0 aliphatic heterocycles. The fourth-order valence-corrected chi connectivity index (χ4v) is 0.781. The summed E-state index contributed by atoms with van der Waals surface area (Å²) in [5.41, 5.74) is 0.00940. The topological polar surface area (TPSA) is 68.1 Å². The Morgan fingerprint density at radius 1 is 1.17 bits per heavy atom. The SMILES string of the molecule is COc1ccc(N=O)c(N=O)c1. The Morgan fingerprint density at radius 2 is 1.83 bits per heavy atom. The van der Waals surface area contributed by atoms with Gasteiger partial charge in [0.1, 0.15) is 17.1 Å². The largest absolute Gasteiger partial charge is 0.497 e. The number of rotatable bonds is 3. The zero-order valence-corrected chi connectivity index (χ0v) is 6.35. The molecule has 5 heteroatoms. The van der Waals surface area contributed by atoms with E-state index in [2.05, 4.69) is 10.4 Å². The minimum absolute atomic E-state index is 0.00986. The minimum Gasteiger partial charge on any atom is -0.497 e. The summed E-state index contributed by atoms with van der Waals surface area (Å²) in [7, 11) is 1.46. The summed E-state index contributed by atoms with van der Waals surface area (Å²) >= 11 is 0. The monoisotopic (exact) mass is 166 g/mol. The first-order valence-electron chi connectivity index (χ1n) is 3.16. The third kappa shape index (κ3) is 1.45. The molecule has 0 spiro atoms. The number of benzene rings is 1. The van der Waals surface area contributed by atoms with E-state index < -0.39 is 0 Å². The second-order valence-electron chi connectivity index (χ2n) is 2.04. The predicted molar refractivity (Wildman–Crippen MR) is 43.9 cm³/mol. The third-order valence-corrected chi connectivity index (χ3v) is 1.38. The highest BCUT2D eigenvalue weighted by Gasteiger charge is 2.04. The van der Waals surface area contributed by atoms with Crippen molar-refractivity contribution in [1.82, 2.24) is 0 Å². The van der Waals surface area contributed by atoms with Crippen LogP contribution in [0, 0.1) is 9.81 Å². The molecule has 1 aromatic carbocycles. The van der Waals surface area contributed by atoms with Crippen molar-refractivity contribution in [2.75, 3.05) is 7.11 Å². The summed E-state index contributed by atoms with van der Waals surface area (Å²) in [6, 6.07) is 4.26. The fourth-order valence-electron chi connectivity index (χ4n) is 0.781. The van der Waals surface area contributed by atoms with Gasteiger partial charge in [-0.1, -0.05) is 0 Å². The van der Waals surface area contributed by atoms with Crippen molar-refractivity contribution in [3.63, 3.8) is 0 Å². The van der Waals surface area contributed by atoms with Crippen molar-refractivity contribution in [3.8, 4) is 5.75 Å². The third-order valence-electron chi connectivity index (χ3n) is 1.38. The summed E-state index contributed by atoms with van der Waals surface area (Å²) in [5, 5.41) is 5.24. The maximum atomic E-state index is 10.1. The van der Waals surface area contributed by atoms with E-state index in [1.165, 1.54) is 25.3 Å². The summed E-state index contributed by atoms with van der Waals surface area (Å²) < 4.78 is 4.81. The number of nitrogens with zero attached hydrogens (tertiary/aromatic N) is 2. The highest BCUT2D eigenvalue weighted by molar-refractivity contribution is 5.63. The van der Waals surface area contributed by atoms with Gasteiger partial charge in [-0.2, -0.15) is 0 Å². The highest BCUT2D eigenvalue weighted by atomic mass is 16.5. The lowest BCUT2D eigenvalue weighted by Gasteiger charge is -1.99. The average Bonchev–Trinajstić information content (AvgIpc) is 2.16. The average molecular weight is 166 g/mol. The lowest BCUT2D eigenvalue weighted by atomic mass is 10.2. The van der Waals surface area contributed by atoms with Crippen molar-refractivity contribution in [3.05, 3.63) is 28.0 Å². The molecule has 0 unspecified atom stereocenters. The van der Waals surface area contributed by atoms with Crippen LogP contribution in [0.5, 0.6) is 5.75 Å². The molecule has 0 saturated carbocycles. The molecule has 5 nitrogen and oxygen atoms in total. The first-order valence-corrected chi connectivity index (χ1v) is 3.16. The Labute approximate surface area is 68.3 Å². The summed E-state index contributed by atoms with van der Waals surface area (Å²) in [6.07, 6.45) is 0. The number of nitroso groups, excluding NO2 is 2. The molecule has 0 N–H and O–H groups in total. The van der Waals surface area contributed by atoms with Crippen LogP contribution in [-0.2, 0) is 0 Å². The van der Waals surface area contributed by atoms with E-state index in [1.807, 2.05) is 0 Å². The number of hydrogen-bond donors (Lipinski definition) is 0. The van der Waals surface area contributed by atoms with E-state index >= 15 is 0 Å². The van der Waals surface area contributed by atoms with E-state index in [4.69, 9.17) is 4.74 Å². The lowest BCUT2D eigenvalue weighted by Crippen LogP contribution is -1.80. The predicted octanol–water partition coefficient (Wildman–Crippen LogP) is 2.49. The lowest BCUT2D eigenvalue weighted by molar-refractivity contribution is 0.415. The van der Waals surface area contributed by atoms with Crippen LogP contribution in [0.1, 0.15) is 0 Å². The maximum absolute atomic E-state index is 10.1. The van der Waals surface area contributed by atoms with E-state index in [1.54, 1.807) is 0 Å².